The van der Waals surface area contributed by atoms with E-state index >= 15 is 0 Å². The minimum absolute atomic E-state index is 0.0204. The summed E-state index contributed by atoms with van der Waals surface area (Å²) >= 11 is 0. The van der Waals surface area contributed by atoms with Gasteiger partial charge in [-0.05, 0) is 6.07 Å². The molecule has 2 aromatic rings. The van der Waals surface area contributed by atoms with Crippen molar-refractivity contribution in [2.75, 3.05) is 12.3 Å². The lowest BCUT2D eigenvalue weighted by Crippen LogP contribution is -2.27. The van der Waals surface area contributed by atoms with E-state index in [1.165, 1.54) is 6.20 Å². The summed E-state index contributed by atoms with van der Waals surface area (Å²) in [7, 11) is -4.10. The Bertz CT molecular complexity index is 701. The van der Waals surface area contributed by atoms with E-state index in [0.29, 0.717) is 18.3 Å². The number of nitrogens with two attached hydrogens (primary N) is 1. The number of rotatable bonds is 5. The van der Waals surface area contributed by atoms with Crippen molar-refractivity contribution < 1.29 is 17.2 Å². The van der Waals surface area contributed by atoms with Crippen LogP contribution in [0.15, 0.2) is 29.4 Å². The first-order chi connectivity index (χ1) is 9.40. The van der Waals surface area contributed by atoms with Gasteiger partial charge in [0.2, 0.25) is 10.0 Å². The van der Waals surface area contributed by atoms with Crippen LogP contribution < -0.4 is 10.5 Å². The smallest absolute Gasteiger partial charge is 0.243 e. The minimum atomic E-state index is -4.10. The van der Waals surface area contributed by atoms with Crippen LogP contribution in [0.2, 0.25) is 0 Å². The summed E-state index contributed by atoms with van der Waals surface area (Å²) in [4.78, 5) is 6.03. The maximum atomic E-state index is 13.5. The summed E-state index contributed by atoms with van der Waals surface area (Å²) in [5.74, 6) is -1.61. The molecule has 0 unspecified atom stereocenters. The maximum absolute atomic E-state index is 13.5. The van der Waals surface area contributed by atoms with E-state index in [-0.39, 0.29) is 6.54 Å². The van der Waals surface area contributed by atoms with Crippen molar-refractivity contribution in [3.05, 3.63) is 42.0 Å². The summed E-state index contributed by atoms with van der Waals surface area (Å²) < 4.78 is 52.5. The predicted molar refractivity (Wildman–Crippen MR) is 68.3 cm³/mol. The molecule has 0 atom stereocenters. The summed E-state index contributed by atoms with van der Waals surface area (Å²) in [5.41, 5.74) is 4.81. The standard InChI is InChI=1S/C11H12F2N4O2S/c12-7-5-8(13)10(6-9(7)14)20(18,19)17-2-1-11-15-3-4-16-11/h3-6,17H,1-2,14H2,(H,15,16). The second-order valence-corrected chi connectivity index (χ2v) is 5.72. The molecule has 1 heterocycles. The molecule has 6 nitrogen and oxygen atoms in total. The van der Waals surface area contributed by atoms with Crippen molar-refractivity contribution in [1.82, 2.24) is 14.7 Å². The Labute approximate surface area is 114 Å². The van der Waals surface area contributed by atoms with Gasteiger partial charge < -0.3 is 10.7 Å². The molecule has 0 aliphatic heterocycles. The summed E-state index contributed by atoms with van der Waals surface area (Å²) in [6.45, 7) is 0.0204. The zero-order chi connectivity index (χ0) is 14.8. The molecule has 0 saturated carbocycles. The number of hydrogen-bond acceptors (Lipinski definition) is 4. The first kappa shape index (κ1) is 14.4. The first-order valence-corrected chi connectivity index (χ1v) is 7.11. The van der Waals surface area contributed by atoms with Crippen molar-refractivity contribution in [1.29, 1.82) is 0 Å². The molecule has 1 aromatic heterocycles. The van der Waals surface area contributed by atoms with Gasteiger partial charge in [0, 0.05) is 31.4 Å². The zero-order valence-corrected chi connectivity index (χ0v) is 11.0. The van der Waals surface area contributed by atoms with Gasteiger partial charge in [0.1, 0.15) is 22.4 Å². The highest BCUT2D eigenvalue weighted by Crippen LogP contribution is 2.20. The number of aromatic amines is 1. The van der Waals surface area contributed by atoms with Gasteiger partial charge in [-0.1, -0.05) is 0 Å². The van der Waals surface area contributed by atoms with Crippen LogP contribution in [0.1, 0.15) is 5.82 Å². The SMILES string of the molecule is Nc1cc(S(=O)(=O)NCCc2ncc[nH]2)c(F)cc1F. The molecular formula is C11H12F2N4O2S. The minimum Gasteiger partial charge on any atom is -0.396 e. The Morgan fingerprint density at radius 3 is 2.70 bits per heavy atom. The second kappa shape index (κ2) is 5.55. The van der Waals surface area contributed by atoms with E-state index in [2.05, 4.69) is 14.7 Å². The molecule has 0 amide bonds. The topological polar surface area (TPSA) is 101 Å². The monoisotopic (exact) mass is 302 g/mol. The van der Waals surface area contributed by atoms with Crippen molar-refractivity contribution >= 4 is 15.7 Å². The number of H-pyrrole nitrogens is 1. The van der Waals surface area contributed by atoms with E-state index in [9.17, 15) is 17.2 Å². The summed E-state index contributed by atoms with van der Waals surface area (Å²) in [6.07, 6.45) is 3.44. The largest absolute Gasteiger partial charge is 0.396 e. The van der Waals surface area contributed by atoms with E-state index < -0.39 is 32.2 Å². The fraction of sp³-hybridized carbons (Fsp3) is 0.182. The third-order valence-electron chi connectivity index (χ3n) is 2.55. The Balaban J connectivity index is 2.12. The van der Waals surface area contributed by atoms with E-state index in [0.717, 1.165) is 6.07 Å². The Morgan fingerprint density at radius 2 is 2.05 bits per heavy atom. The summed E-state index contributed by atoms with van der Waals surface area (Å²) in [5, 5.41) is 0. The molecule has 0 fully saturated rings. The van der Waals surface area contributed by atoms with Gasteiger partial charge in [-0.15, -0.1) is 0 Å². The molecule has 9 heteroatoms. The highest BCUT2D eigenvalue weighted by molar-refractivity contribution is 7.89. The van der Waals surface area contributed by atoms with Gasteiger partial charge in [0.05, 0.1) is 5.69 Å². The molecule has 20 heavy (non-hydrogen) atoms. The van der Waals surface area contributed by atoms with Crippen molar-refractivity contribution in [3.8, 4) is 0 Å². The Hall–Kier alpha value is -2.00. The Morgan fingerprint density at radius 1 is 1.30 bits per heavy atom. The number of imidazole rings is 1. The number of benzene rings is 1. The van der Waals surface area contributed by atoms with Crippen LogP contribution in [0.25, 0.3) is 0 Å². The third-order valence-corrected chi connectivity index (χ3v) is 4.03. The van der Waals surface area contributed by atoms with Gasteiger partial charge in [0.25, 0.3) is 0 Å². The number of nitrogens with zero attached hydrogens (tertiary/aromatic N) is 1. The van der Waals surface area contributed by atoms with Gasteiger partial charge in [0.15, 0.2) is 0 Å². The van der Waals surface area contributed by atoms with E-state index in [4.69, 9.17) is 5.73 Å². The van der Waals surface area contributed by atoms with Crippen LogP contribution in [-0.4, -0.2) is 24.9 Å². The zero-order valence-electron chi connectivity index (χ0n) is 10.2. The molecule has 1 aromatic carbocycles. The van der Waals surface area contributed by atoms with Crippen LogP contribution in [0.3, 0.4) is 0 Å². The third kappa shape index (κ3) is 3.11. The quantitative estimate of drug-likeness (QED) is 0.711. The second-order valence-electron chi connectivity index (χ2n) is 3.99. The highest BCUT2D eigenvalue weighted by Gasteiger charge is 2.20. The highest BCUT2D eigenvalue weighted by atomic mass is 32.2. The molecule has 0 spiro atoms. The maximum Gasteiger partial charge on any atom is 0.243 e. The van der Waals surface area contributed by atoms with Crippen molar-refractivity contribution in [3.63, 3.8) is 0 Å². The molecule has 0 radical (unpaired) electrons. The lowest BCUT2D eigenvalue weighted by molar-refractivity contribution is 0.544. The lowest BCUT2D eigenvalue weighted by Gasteiger charge is -2.08. The summed E-state index contributed by atoms with van der Waals surface area (Å²) in [6, 6.07) is 1.19. The average molecular weight is 302 g/mol. The number of nitrogen functional groups attached to an aromatic ring is 1. The number of aromatic nitrogens is 2. The molecule has 108 valence electrons. The first-order valence-electron chi connectivity index (χ1n) is 5.62. The van der Waals surface area contributed by atoms with Gasteiger partial charge >= 0.3 is 0 Å². The van der Waals surface area contributed by atoms with Gasteiger partial charge in [-0.3, -0.25) is 0 Å². The van der Waals surface area contributed by atoms with E-state index in [1.54, 1.807) is 6.20 Å². The van der Waals surface area contributed by atoms with Crippen molar-refractivity contribution in [2.24, 2.45) is 0 Å². The number of anilines is 1. The number of halogens is 2. The molecule has 4 N–H and O–H groups in total. The molecular weight excluding hydrogens is 290 g/mol. The van der Waals surface area contributed by atoms with Crippen LogP contribution in [0, 0.1) is 11.6 Å². The molecule has 0 bridgehead atoms. The number of nitrogens with one attached hydrogen (secondary N) is 2. The number of hydrogen-bond donors (Lipinski definition) is 3. The van der Waals surface area contributed by atoms with Crippen molar-refractivity contribution in [2.45, 2.75) is 11.3 Å². The fourth-order valence-electron chi connectivity index (χ4n) is 1.57. The fourth-order valence-corrected chi connectivity index (χ4v) is 2.69. The number of sulfonamides is 1. The van der Waals surface area contributed by atoms with Crippen LogP contribution in [-0.2, 0) is 16.4 Å². The predicted octanol–water partition coefficient (Wildman–Crippen LogP) is 0.791. The molecule has 0 saturated heterocycles. The van der Waals surface area contributed by atoms with Crippen LogP contribution >= 0.6 is 0 Å². The van der Waals surface area contributed by atoms with Gasteiger partial charge in [-0.2, -0.15) is 0 Å². The lowest BCUT2D eigenvalue weighted by atomic mass is 10.3. The normalized spacial score (nSPS) is 11.7. The van der Waals surface area contributed by atoms with Crippen LogP contribution in [0.4, 0.5) is 14.5 Å². The molecule has 0 aliphatic carbocycles. The van der Waals surface area contributed by atoms with E-state index in [1.807, 2.05) is 0 Å². The van der Waals surface area contributed by atoms with Crippen LogP contribution in [0.5, 0.6) is 0 Å². The average Bonchev–Trinajstić information content (AvgIpc) is 2.86. The Kier molecular flexibility index (Phi) is 4.00. The van der Waals surface area contributed by atoms with Gasteiger partial charge in [-0.25, -0.2) is 26.9 Å². The molecule has 0 aliphatic rings. The molecule has 2 rings (SSSR count).